The molecule has 0 aromatic rings. The number of carbonyl (C=O) groups is 2. The van der Waals surface area contributed by atoms with Gasteiger partial charge in [-0.25, -0.2) is 0 Å². The molecule has 7 heteroatoms. The number of ketones is 1. The maximum absolute atomic E-state index is 13.1. The number of allylic oxidation sites excluding steroid dienone is 1. The van der Waals surface area contributed by atoms with Gasteiger partial charge in [0.05, 0.1) is 30.1 Å². The summed E-state index contributed by atoms with van der Waals surface area (Å²) in [6, 6.07) is -0.169. The molecular weight excluding hydrogens is 346 g/mol. The van der Waals surface area contributed by atoms with E-state index in [2.05, 4.69) is 22.8 Å². The van der Waals surface area contributed by atoms with Gasteiger partial charge in [0.25, 0.3) is 0 Å². The lowest BCUT2D eigenvalue weighted by Gasteiger charge is -2.48. The summed E-state index contributed by atoms with van der Waals surface area (Å²) >= 11 is 0. The number of carbonyl (C=O) groups excluding carboxylic acids is 1. The third-order valence-electron chi connectivity index (χ3n) is 6.77. The van der Waals surface area contributed by atoms with Crippen molar-refractivity contribution in [1.29, 1.82) is 0 Å². The molecular formula is C20H31N3O4. The fraction of sp³-hybridized carbons (Fsp3) is 0.800. The number of hydrogen-bond acceptors (Lipinski definition) is 6. The molecule has 7 nitrogen and oxygen atoms in total. The second-order valence-electron chi connectivity index (χ2n) is 8.59. The Balaban J connectivity index is 1.40. The maximum atomic E-state index is 13.1. The minimum atomic E-state index is -0.965. The van der Waals surface area contributed by atoms with Crippen molar-refractivity contribution in [3.8, 4) is 0 Å². The predicted molar refractivity (Wildman–Crippen MR) is 99.7 cm³/mol. The standard InChI is InChI=1S/C20H31N3O4/c21-18-14(20(25)26)10-13-17(24)16-15(27-19(13)23-18)9-8-12(22-16)7-6-11-4-2-1-3-5-11/h6-7,11-16,18-19,22-23H,1-5,8-10,21H2,(H,25,26)/b7-6+. The highest BCUT2D eigenvalue weighted by atomic mass is 16.5. The molecule has 0 radical (unpaired) electrons. The molecule has 3 saturated heterocycles. The highest BCUT2D eigenvalue weighted by Crippen LogP contribution is 2.35. The molecule has 150 valence electrons. The molecule has 5 N–H and O–H groups in total. The van der Waals surface area contributed by atoms with Gasteiger partial charge in [0.1, 0.15) is 6.23 Å². The van der Waals surface area contributed by atoms with Gasteiger partial charge in [0.15, 0.2) is 5.78 Å². The molecule has 4 rings (SSSR count). The SMILES string of the molecule is NC1NC2OC3CCC(/C=C/C4CCCCC4)NC3C(=O)C2CC1C(=O)O. The van der Waals surface area contributed by atoms with Gasteiger partial charge in [-0.15, -0.1) is 0 Å². The molecule has 0 spiro atoms. The largest absolute Gasteiger partial charge is 0.481 e. The Hall–Kier alpha value is -1.28. The molecule has 0 aromatic carbocycles. The lowest BCUT2D eigenvalue weighted by atomic mass is 9.77. The fourth-order valence-electron chi connectivity index (χ4n) is 5.15. The van der Waals surface area contributed by atoms with Gasteiger partial charge in [-0.05, 0) is 38.0 Å². The van der Waals surface area contributed by atoms with Crippen molar-refractivity contribution in [2.75, 3.05) is 0 Å². The van der Waals surface area contributed by atoms with E-state index >= 15 is 0 Å². The highest BCUT2D eigenvalue weighted by molar-refractivity contribution is 5.89. The van der Waals surface area contributed by atoms with Crippen molar-refractivity contribution in [3.05, 3.63) is 12.2 Å². The number of aliphatic carboxylic acids is 1. The van der Waals surface area contributed by atoms with Gasteiger partial charge in [0.2, 0.25) is 0 Å². The van der Waals surface area contributed by atoms with Crippen LogP contribution in [0.4, 0.5) is 0 Å². The van der Waals surface area contributed by atoms with Crippen LogP contribution in [0.25, 0.3) is 0 Å². The van der Waals surface area contributed by atoms with Crippen molar-refractivity contribution < 1.29 is 19.4 Å². The lowest BCUT2D eigenvalue weighted by Crippen LogP contribution is -2.69. The molecule has 7 atom stereocenters. The Morgan fingerprint density at radius 3 is 2.63 bits per heavy atom. The summed E-state index contributed by atoms with van der Waals surface area (Å²) in [6.45, 7) is 0. The van der Waals surface area contributed by atoms with Crippen LogP contribution in [0, 0.1) is 17.8 Å². The van der Waals surface area contributed by atoms with Gasteiger partial charge < -0.3 is 15.6 Å². The van der Waals surface area contributed by atoms with E-state index in [0.29, 0.717) is 5.92 Å². The molecule has 7 unspecified atom stereocenters. The predicted octanol–water partition coefficient (Wildman–Crippen LogP) is 1.13. The number of Topliss-reactive ketones (excluding diaryl/α,β-unsaturated/α-hetero) is 1. The van der Waals surface area contributed by atoms with Crippen LogP contribution < -0.4 is 16.4 Å². The van der Waals surface area contributed by atoms with Crippen LogP contribution in [0.2, 0.25) is 0 Å². The zero-order chi connectivity index (χ0) is 19.0. The molecule has 0 amide bonds. The summed E-state index contributed by atoms with van der Waals surface area (Å²) in [5.41, 5.74) is 5.92. The normalized spacial score (nSPS) is 43.3. The van der Waals surface area contributed by atoms with Crippen LogP contribution in [0.5, 0.6) is 0 Å². The van der Waals surface area contributed by atoms with E-state index in [0.717, 1.165) is 12.8 Å². The average Bonchev–Trinajstić information content (AvgIpc) is 2.67. The average molecular weight is 377 g/mol. The number of fused-ring (bicyclic) bond motifs is 2. The van der Waals surface area contributed by atoms with Crippen LogP contribution in [-0.4, -0.2) is 47.4 Å². The zero-order valence-corrected chi connectivity index (χ0v) is 15.7. The first-order valence-electron chi connectivity index (χ1n) is 10.4. The number of nitrogens with two attached hydrogens (primary N) is 1. The summed E-state index contributed by atoms with van der Waals surface area (Å²) in [4.78, 5) is 24.5. The van der Waals surface area contributed by atoms with Crippen LogP contribution in [0.1, 0.15) is 51.4 Å². The monoisotopic (exact) mass is 377 g/mol. The van der Waals surface area contributed by atoms with Crippen LogP contribution in [-0.2, 0) is 14.3 Å². The van der Waals surface area contributed by atoms with E-state index in [1.165, 1.54) is 32.1 Å². The van der Waals surface area contributed by atoms with Gasteiger partial charge >= 0.3 is 5.97 Å². The first-order chi connectivity index (χ1) is 13.0. The summed E-state index contributed by atoms with van der Waals surface area (Å²) in [7, 11) is 0. The van der Waals surface area contributed by atoms with E-state index < -0.39 is 30.2 Å². The third-order valence-corrected chi connectivity index (χ3v) is 6.77. The first kappa shape index (κ1) is 19.1. The zero-order valence-electron chi connectivity index (χ0n) is 15.7. The van der Waals surface area contributed by atoms with Crippen molar-refractivity contribution in [2.45, 2.75) is 81.9 Å². The van der Waals surface area contributed by atoms with E-state index in [9.17, 15) is 14.7 Å². The van der Waals surface area contributed by atoms with Gasteiger partial charge in [-0.2, -0.15) is 0 Å². The van der Waals surface area contributed by atoms with E-state index in [1.807, 2.05) is 0 Å². The number of piperidine rings is 2. The quantitative estimate of drug-likeness (QED) is 0.545. The molecule has 0 aromatic heterocycles. The van der Waals surface area contributed by atoms with E-state index in [-0.39, 0.29) is 30.4 Å². The molecule has 4 fully saturated rings. The van der Waals surface area contributed by atoms with Crippen LogP contribution in [0.15, 0.2) is 12.2 Å². The van der Waals surface area contributed by atoms with E-state index in [4.69, 9.17) is 10.5 Å². The summed E-state index contributed by atoms with van der Waals surface area (Å²) in [5.74, 6) is -1.45. The van der Waals surface area contributed by atoms with Gasteiger partial charge in [-0.1, -0.05) is 31.4 Å². The number of carboxylic acids is 1. The number of rotatable bonds is 3. The van der Waals surface area contributed by atoms with Crippen LogP contribution >= 0.6 is 0 Å². The topological polar surface area (TPSA) is 114 Å². The Morgan fingerprint density at radius 2 is 1.89 bits per heavy atom. The summed E-state index contributed by atoms with van der Waals surface area (Å²) < 4.78 is 6.11. The van der Waals surface area contributed by atoms with Crippen LogP contribution in [0.3, 0.4) is 0 Å². The fourth-order valence-corrected chi connectivity index (χ4v) is 5.15. The van der Waals surface area contributed by atoms with Crippen molar-refractivity contribution in [2.24, 2.45) is 23.5 Å². The lowest BCUT2D eigenvalue weighted by molar-refractivity contribution is -0.175. The minimum absolute atomic E-state index is 0.0673. The summed E-state index contributed by atoms with van der Waals surface area (Å²) in [5, 5.41) is 15.8. The molecule has 1 saturated carbocycles. The molecule has 3 heterocycles. The second-order valence-corrected chi connectivity index (χ2v) is 8.59. The van der Waals surface area contributed by atoms with Gasteiger partial charge in [-0.3, -0.25) is 20.2 Å². The molecule has 0 bridgehead atoms. The first-order valence-corrected chi connectivity index (χ1v) is 10.4. The molecule has 3 aliphatic heterocycles. The number of nitrogens with one attached hydrogen (secondary N) is 2. The Morgan fingerprint density at radius 1 is 1.11 bits per heavy atom. The van der Waals surface area contributed by atoms with E-state index in [1.54, 1.807) is 0 Å². The number of ether oxygens (including phenoxy) is 1. The molecule has 4 aliphatic rings. The molecule has 1 aliphatic carbocycles. The number of carboxylic acid groups (broad SMARTS) is 1. The maximum Gasteiger partial charge on any atom is 0.309 e. The second kappa shape index (κ2) is 7.99. The van der Waals surface area contributed by atoms with Crippen molar-refractivity contribution in [3.63, 3.8) is 0 Å². The third kappa shape index (κ3) is 3.97. The van der Waals surface area contributed by atoms with Crippen molar-refractivity contribution >= 4 is 11.8 Å². The Bertz CT molecular complexity index is 604. The summed E-state index contributed by atoms with van der Waals surface area (Å²) in [6.07, 6.45) is 11.8. The Labute approximate surface area is 160 Å². The number of hydrogen-bond donors (Lipinski definition) is 4. The smallest absolute Gasteiger partial charge is 0.309 e. The van der Waals surface area contributed by atoms with Crippen molar-refractivity contribution in [1.82, 2.24) is 10.6 Å². The molecule has 27 heavy (non-hydrogen) atoms. The Kier molecular flexibility index (Phi) is 5.64. The van der Waals surface area contributed by atoms with Gasteiger partial charge in [0, 0.05) is 6.04 Å². The minimum Gasteiger partial charge on any atom is -0.481 e. The highest BCUT2D eigenvalue weighted by Gasteiger charge is 2.51.